The molecule has 1 aromatic carbocycles. The summed E-state index contributed by atoms with van der Waals surface area (Å²) in [7, 11) is 0. The van der Waals surface area contributed by atoms with Crippen LogP contribution in [-0.4, -0.2) is 28.3 Å². The van der Waals surface area contributed by atoms with Crippen LogP contribution in [0.25, 0.3) is 0 Å². The van der Waals surface area contributed by atoms with E-state index in [0.717, 1.165) is 6.42 Å². The Kier molecular flexibility index (Phi) is 3.84. The number of aromatic hydroxyl groups is 1. The highest BCUT2D eigenvalue weighted by atomic mass is 79.9. The van der Waals surface area contributed by atoms with Crippen LogP contribution >= 0.6 is 27.5 Å². The van der Waals surface area contributed by atoms with Gasteiger partial charge in [-0.05, 0) is 47.3 Å². The average Bonchev–Trinajstić information content (AvgIpc) is 2.28. The third kappa shape index (κ3) is 2.79. The van der Waals surface area contributed by atoms with Gasteiger partial charge in [0.2, 0.25) is 0 Å². The van der Waals surface area contributed by atoms with Gasteiger partial charge in [0.25, 0.3) is 5.91 Å². The van der Waals surface area contributed by atoms with Crippen LogP contribution in [0.1, 0.15) is 29.6 Å². The Bertz CT molecular complexity index is 488. The summed E-state index contributed by atoms with van der Waals surface area (Å²) < 4.78 is 0.363. The minimum absolute atomic E-state index is 0.0947. The van der Waals surface area contributed by atoms with Gasteiger partial charge in [0.05, 0.1) is 15.6 Å². The molecule has 1 aromatic rings. The molecule has 0 spiro atoms. The predicted molar refractivity (Wildman–Crippen MR) is 72.0 cm³/mol. The first-order chi connectivity index (χ1) is 8.41. The largest absolute Gasteiger partial charge is 0.506 e. The number of carbonyl (C=O) groups is 1. The summed E-state index contributed by atoms with van der Waals surface area (Å²) in [6, 6.07) is 2.90. The second kappa shape index (κ2) is 5.07. The maximum Gasteiger partial charge on any atom is 0.255 e. The lowest BCUT2D eigenvalue weighted by molar-refractivity contribution is -0.0300. The number of aliphatic hydroxyl groups is 1. The van der Waals surface area contributed by atoms with Gasteiger partial charge in [0.1, 0.15) is 5.75 Å². The summed E-state index contributed by atoms with van der Waals surface area (Å²) in [5, 5.41) is 22.6. The van der Waals surface area contributed by atoms with Gasteiger partial charge in [0.15, 0.2) is 0 Å². The number of benzene rings is 1. The Morgan fingerprint density at radius 1 is 1.50 bits per heavy atom. The highest BCUT2D eigenvalue weighted by Gasteiger charge is 2.34. The third-order valence-corrected chi connectivity index (χ3v) is 3.96. The van der Waals surface area contributed by atoms with E-state index < -0.39 is 11.5 Å². The molecule has 0 atom stereocenters. The lowest BCUT2D eigenvalue weighted by Gasteiger charge is -2.36. The van der Waals surface area contributed by atoms with Gasteiger partial charge in [-0.25, -0.2) is 0 Å². The monoisotopic (exact) mass is 333 g/mol. The van der Waals surface area contributed by atoms with Gasteiger partial charge in [-0.1, -0.05) is 11.6 Å². The fourth-order valence-electron chi connectivity index (χ4n) is 1.84. The highest BCUT2D eigenvalue weighted by molar-refractivity contribution is 9.10. The number of hydrogen-bond donors (Lipinski definition) is 3. The number of rotatable bonds is 3. The van der Waals surface area contributed by atoms with Gasteiger partial charge < -0.3 is 15.5 Å². The summed E-state index contributed by atoms with van der Waals surface area (Å²) in [6.07, 6.45) is 2.36. The van der Waals surface area contributed by atoms with E-state index >= 15 is 0 Å². The Labute approximate surface area is 118 Å². The minimum Gasteiger partial charge on any atom is -0.506 e. The van der Waals surface area contributed by atoms with Gasteiger partial charge >= 0.3 is 0 Å². The number of nitrogens with one attached hydrogen (secondary N) is 1. The van der Waals surface area contributed by atoms with Crippen molar-refractivity contribution in [1.82, 2.24) is 5.32 Å². The molecule has 0 aliphatic heterocycles. The molecule has 0 bridgehead atoms. The molecule has 0 aromatic heterocycles. The van der Waals surface area contributed by atoms with Crippen LogP contribution in [0.15, 0.2) is 16.6 Å². The van der Waals surface area contributed by atoms with Gasteiger partial charge in [0, 0.05) is 11.6 Å². The predicted octanol–water partition coefficient (Wildman–Crippen LogP) is 2.45. The summed E-state index contributed by atoms with van der Waals surface area (Å²) in [5.74, 6) is -0.603. The first kappa shape index (κ1) is 13.6. The summed E-state index contributed by atoms with van der Waals surface area (Å²) in [4.78, 5) is 11.9. The highest BCUT2D eigenvalue weighted by Crippen LogP contribution is 2.33. The maximum absolute atomic E-state index is 11.9. The molecule has 98 valence electrons. The minimum atomic E-state index is -0.791. The van der Waals surface area contributed by atoms with Crippen molar-refractivity contribution in [2.24, 2.45) is 0 Å². The number of phenolic OH excluding ortho intramolecular Hbond substituents is 1. The molecule has 1 saturated carbocycles. The zero-order valence-electron chi connectivity index (χ0n) is 9.54. The van der Waals surface area contributed by atoms with Crippen LogP contribution in [0, 0.1) is 0 Å². The standard InChI is InChI=1S/C12H13BrClNO3/c13-9-5-7(14)4-8(10(9)16)11(17)15-6-12(18)2-1-3-12/h4-5,16,18H,1-3,6H2,(H,15,17). The zero-order valence-corrected chi connectivity index (χ0v) is 11.9. The van der Waals surface area contributed by atoms with E-state index in [0.29, 0.717) is 22.3 Å². The molecular formula is C12H13BrClNO3. The fourth-order valence-corrected chi connectivity index (χ4v) is 2.65. The maximum atomic E-state index is 11.9. The van der Waals surface area contributed by atoms with Crippen LogP contribution in [-0.2, 0) is 0 Å². The molecule has 1 fully saturated rings. The molecule has 4 nitrogen and oxygen atoms in total. The number of halogens is 2. The fraction of sp³-hybridized carbons (Fsp3) is 0.417. The third-order valence-electron chi connectivity index (χ3n) is 3.14. The van der Waals surface area contributed by atoms with Gasteiger partial charge in [-0.15, -0.1) is 0 Å². The molecule has 3 N–H and O–H groups in total. The molecule has 2 rings (SSSR count). The van der Waals surface area contributed by atoms with Crippen LogP contribution in [0.3, 0.4) is 0 Å². The Morgan fingerprint density at radius 3 is 2.72 bits per heavy atom. The molecule has 0 heterocycles. The first-order valence-electron chi connectivity index (χ1n) is 5.60. The molecule has 6 heteroatoms. The second-order valence-corrected chi connectivity index (χ2v) is 5.84. The van der Waals surface area contributed by atoms with E-state index in [1.165, 1.54) is 12.1 Å². The SMILES string of the molecule is O=C(NCC1(O)CCC1)c1cc(Cl)cc(Br)c1O. The van der Waals surface area contributed by atoms with Crippen molar-refractivity contribution in [2.75, 3.05) is 6.54 Å². The Hall–Kier alpha value is -0.780. The number of phenols is 1. The van der Waals surface area contributed by atoms with Crippen molar-refractivity contribution >= 4 is 33.4 Å². The van der Waals surface area contributed by atoms with Crippen LogP contribution in [0.2, 0.25) is 5.02 Å². The molecule has 1 aliphatic rings. The van der Waals surface area contributed by atoms with Crippen LogP contribution < -0.4 is 5.32 Å². The van der Waals surface area contributed by atoms with E-state index in [9.17, 15) is 15.0 Å². The lowest BCUT2D eigenvalue weighted by atomic mass is 9.80. The number of carbonyl (C=O) groups excluding carboxylic acids is 1. The van der Waals surface area contributed by atoms with E-state index in [1.54, 1.807) is 0 Å². The van der Waals surface area contributed by atoms with E-state index in [2.05, 4.69) is 21.2 Å². The summed E-state index contributed by atoms with van der Waals surface area (Å²) in [5.41, 5.74) is -0.696. The number of amides is 1. The van der Waals surface area contributed by atoms with Crippen LogP contribution in [0.5, 0.6) is 5.75 Å². The topological polar surface area (TPSA) is 69.6 Å². The lowest BCUT2D eigenvalue weighted by Crippen LogP contribution is -2.47. The Morgan fingerprint density at radius 2 is 2.17 bits per heavy atom. The Balaban J connectivity index is 2.09. The molecule has 1 aliphatic carbocycles. The van der Waals surface area contributed by atoms with E-state index in [-0.39, 0.29) is 17.9 Å². The van der Waals surface area contributed by atoms with Gasteiger partial charge in [-0.3, -0.25) is 4.79 Å². The zero-order chi connectivity index (χ0) is 13.3. The summed E-state index contributed by atoms with van der Waals surface area (Å²) >= 11 is 8.94. The van der Waals surface area contributed by atoms with Crippen molar-refractivity contribution < 1.29 is 15.0 Å². The van der Waals surface area contributed by atoms with Crippen molar-refractivity contribution in [1.29, 1.82) is 0 Å². The van der Waals surface area contributed by atoms with Gasteiger partial charge in [-0.2, -0.15) is 0 Å². The smallest absolute Gasteiger partial charge is 0.255 e. The van der Waals surface area contributed by atoms with Crippen molar-refractivity contribution in [2.45, 2.75) is 24.9 Å². The second-order valence-electron chi connectivity index (χ2n) is 4.54. The molecule has 0 radical (unpaired) electrons. The van der Waals surface area contributed by atoms with Crippen molar-refractivity contribution in [3.05, 3.63) is 27.2 Å². The molecular weight excluding hydrogens is 321 g/mol. The average molecular weight is 335 g/mol. The number of hydrogen-bond acceptors (Lipinski definition) is 3. The van der Waals surface area contributed by atoms with Crippen molar-refractivity contribution in [3.8, 4) is 5.75 Å². The molecule has 18 heavy (non-hydrogen) atoms. The quantitative estimate of drug-likeness (QED) is 0.795. The van der Waals surface area contributed by atoms with E-state index in [4.69, 9.17) is 11.6 Å². The first-order valence-corrected chi connectivity index (χ1v) is 6.77. The van der Waals surface area contributed by atoms with E-state index in [1.807, 2.05) is 0 Å². The van der Waals surface area contributed by atoms with Crippen LogP contribution in [0.4, 0.5) is 0 Å². The molecule has 1 amide bonds. The normalized spacial score (nSPS) is 17.1. The molecule has 0 unspecified atom stereocenters. The summed E-state index contributed by atoms with van der Waals surface area (Å²) in [6.45, 7) is 0.190. The molecule has 0 saturated heterocycles. The van der Waals surface area contributed by atoms with Crippen molar-refractivity contribution in [3.63, 3.8) is 0 Å².